The van der Waals surface area contributed by atoms with Gasteiger partial charge in [-0.25, -0.2) is 0 Å². The van der Waals surface area contributed by atoms with Crippen molar-refractivity contribution in [1.29, 1.82) is 0 Å². The molecule has 0 saturated heterocycles. The Morgan fingerprint density at radius 1 is 1.35 bits per heavy atom. The van der Waals surface area contributed by atoms with Gasteiger partial charge < -0.3 is 14.6 Å². The van der Waals surface area contributed by atoms with E-state index in [2.05, 4.69) is 0 Å². The summed E-state index contributed by atoms with van der Waals surface area (Å²) in [5.74, 6) is 0.959. The maximum absolute atomic E-state index is 10.8. The quantitative estimate of drug-likeness (QED) is 0.790. The van der Waals surface area contributed by atoms with Crippen LogP contribution in [0, 0.1) is 0 Å². The zero-order chi connectivity index (χ0) is 12.7. The fourth-order valence-corrected chi connectivity index (χ4v) is 1.38. The molecule has 0 radical (unpaired) electrons. The molecular weight excluding hydrogens is 216 g/mol. The van der Waals surface area contributed by atoms with Gasteiger partial charge in [-0.2, -0.15) is 0 Å². The van der Waals surface area contributed by atoms with E-state index in [9.17, 15) is 9.90 Å². The largest absolute Gasteiger partial charge is 0.491 e. The second-order valence-corrected chi connectivity index (χ2v) is 4.22. The van der Waals surface area contributed by atoms with Gasteiger partial charge in [0.25, 0.3) is 0 Å². The molecule has 0 bridgehead atoms. The number of aryl methyl sites for hydroxylation is 1. The highest BCUT2D eigenvalue weighted by atomic mass is 16.5. The van der Waals surface area contributed by atoms with Crippen LogP contribution in [-0.4, -0.2) is 23.6 Å². The molecule has 0 heterocycles. The first-order valence-corrected chi connectivity index (χ1v) is 6.01. The smallest absolute Gasteiger partial charge is 0.130 e. The molecule has 0 amide bonds. The minimum absolute atomic E-state index is 0.205. The highest BCUT2D eigenvalue weighted by molar-refractivity contribution is 5.75. The third kappa shape index (κ3) is 5.50. The number of Topliss-reactive ketones (excluding diaryl/α,β-unsaturated/α-hetero) is 1. The Morgan fingerprint density at radius 2 is 2.00 bits per heavy atom. The second kappa shape index (κ2) is 7.07. The number of rotatable bonds is 7. The summed E-state index contributed by atoms with van der Waals surface area (Å²) in [6, 6.07) is 7.66. The number of carbonyl (C=O) groups excluding carboxylic acids is 1. The number of benzene rings is 1. The number of hydrogen-bond donors (Lipinski definition) is 1. The molecular formula is C14H20O3. The van der Waals surface area contributed by atoms with E-state index in [0.717, 1.165) is 17.7 Å². The Hall–Kier alpha value is -1.35. The molecule has 1 aromatic carbocycles. The predicted molar refractivity (Wildman–Crippen MR) is 67.2 cm³/mol. The van der Waals surface area contributed by atoms with E-state index in [1.807, 2.05) is 31.2 Å². The summed E-state index contributed by atoms with van der Waals surface area (Å²) < 4.78 is 5.42. The molecule has 1 rings (SSSR count). The number of ketones is 1. The van der Waals surface area contributed by atoms with E-state index < -0.39 is 6.10 Å². The van der Waals surface area contributed by atoms with Crippen LogP contribution in [0.3, 0.4) is 0 Å². The molecule has 1 aromatic rings. The van der Waals surface area contributed by atoms with E-state index in [-0.39, 0.29) is 5.78 Å². The predicted octanol–water partition coefficient (Wildman–Crippen LogP) is 2.36. The summed E-state index contributed by atoms with van der Waals surface area (Å²) in [4.78, 5) is 10.8. The third-order valence-electron chi connectivity index (χ3n) is 2.60. The summed E-state index contributed by atoms with van der Waals surface area (Å²) in [6.07, 6.45) is 1.63. The molecule has 1 unspecified atom stereocenters. The Balaban J connectivity index is 2.41. The van der Waals surface area contributed by atoms with Gasteiger partial charge >= 0.3 is 0 Å². The number of carbonyl (C=O) groups is 1. The van der Waals surface area contributed by atoms with Crippen LogP contribution in [-0.2, 0) is 11.2 Å². The fraction of sp³-hybridized carbons (Fsp3) is 0.500. The second-order valence-electron chi connectivity index (χ2n) is 4.22. The van der Waals surface area contributed by atoms with Crippen molar-refractivity contribution in [2.75, 3.05) is 6.61 Å². The molecule has 0 fully saturated rings. The minimum atomic E-state index is -0.410. The Morgan fingerprint density at radius 3 is 2.53 bits per heavy atom. The van der Waals surface area contributed by atoms with Gasteiger partial charge in [-0.3, -0.25) is 0 Å². The summed E-state index contributed by atoms with van der Waals surface area (Å²) >= 11 is 0. The number of aliphatic hydroxyl groups excluding tert-OH is 1. The Kier molecular flexibility index (Phi) is 5.70. The monoisotopic (exact) mass is 236 g/mol. The average Bonchev–Trinajstić information content (AvgIpc) is 2.34. The van der Waals surface area contributed by atoms with Crippen LogP contribution in [0.15, 0.2) is 24.3 Å². The molecule has 0 aliphatic heterocycles. The molecule has 0 spiro atoms. The van der Waals surface area contributed by atoms with E-state index >= 15 is 0 Å². The van der Waals surface area contributed by atoms with Gasteiger partial charge in [0.2, 0.25) is 0 Å². The molecule has 1 atom stereocenters. The zero-order valence-electron chi connectivity index (χ0n) is 10.5. The first-order chi connectivity index (χ1) is 8.11. The Bertz CT molecular complexity index is 343. The van der Waals surface area contributed by atoms with E-state index in [1.165, 1.54) is 0 Å². The minimum Gasteiger partial charge on any atom is -0.491 e. The standard InChI is InChI=1S/C14H20O3/c1-3-13(16)10-17-14-8-6-12(7-9-14)5-4-11(2)15/h6-9,13,16H,3-5,10H2,1-2H3. The van der Waals surface area contributed by atoms with Gasteiger partial charge in [-0.1, -0.05) is 19.1 Å². The lowest BCUT2D eigenvalue weighted by atomic mass is 10.1. The molecule has 17 heavy (non-hydrogen) atoms. The van der Waals surface area contributed by atoms with Crippen LogP contribution >= 0.6 is 0 Å². The van der Waals surface area contributed by atoms with Crippen molar-refractivity contribution < 1.29 is 14.6 Å². The van der Waals surface area contributed by atoms with E-state index in [0.29, 0.717) is 19.4 Å². The molecule has 1 N–H and O–H groups in total. The summed E-state index contributed by atoms with van der Waals surface area (Å²) in [7, 11) is 0. The van der Waals surface area contributed by atoms with Crippen LogP contribution < -0.4 is 4.74 Å². The number of ether oxygens (including phenoxy) is 1. The van der Waals surface area contributed by atoms with Crippen LogP contribution in [0.25, 0.3) is 0 Å². The topological polar surface area (TPSA) is 46.5 Å². The van der Waals surface area contributed by atoms with Crippen molar-refractivity contribution in [3.63, 3.8) is 0 Å². The molecule has 94 valence electrons. The van der Waals surface area contributed by atoms with Gasteiger partial charge in [0.05, 0.1) is 6.10 Å². The lowest BCUT2D eigenvalue weighted by Crippen LogP contribution is -2.15. The van der Waals surface area contributed by atoms with Gasteiger partial charge in [0, 0.05) is 6.42 Å². The van der Waals surface area contributed by atoms with Crippen molar-refractivity contribution in [1.82, 2.24) is 0 Å². The highest BCUT2D eigenvalue weighted by Gasteiger charge is 2.02. The van der Waals surface area contributed by atoms with Crippen LogP contribution in [0.2, 0.25) is 0 Å². The van der Waals surface area contributed by atoms with Crippen LogP contribution in [0.5, 0.6) is 5.75 Å². The molecule has 0 saturated carbocycles. The van der Waals surface area contributed by atoms with Gasteiger partial charge in [-0.05, 0) is 37.5 Å². The fourth-order valence-electron chi connectivity index (χ4n) is 1.38. The number of aliphatic hydroxyl groups is 1. The summed E-state index contributed by atoms with van der Waals surface area (Å²) in [6.45, 7) is 3.84. The van der Waals surface area contributed by atoms with E-state index in [4.69, 9.17) is 4.74 Å². The van der Waals surface area contributed by atoms with Crippen molar-refractivity contribution in [3.05, 3.63) is 29.8 Å². The van der Waals surface area contributed by atoms with Crippen molar-refractivity contribution in [3.8, 4) is 5.75 Å². The molecule has 0 aromatic heterocycles. The summed E-state index contributed by atoms with van der Waals surface area (Å²) in [5, 5.41) is 9.36. The van der Waals surface area contributed by atoms with Gasteiger partial charge in [0.1, 0.15) is 18.1 Å². The number of hydrogen-bond acceptors (Lipinski definition) is 3. The van der Waals surface area contributed by atoms with Gasteiger partial charge in [-0.15, -0.1) is 0 Å². The zero-order valence-corrected chi connectivity index (χ0v) is 10.5. The van der Waals surface area contributed by atoms with Crippen LogP contribution in [0.1, 0.15) is 32.3 Å². The highest BCUT2D eigenvalue weighted by Crippen LogP contribution is 2.14. The third-order valence-corrected chi connectivity index (χ3v) is 2.60. The Labute approximate surface area is 102 Å². The lowest BCUT2D eigenvalue weighted by Gasteiger charge is -2.10. The van der Waals surface area contributed by atoms with Crippen molar-refractivity contribution in [2.24, 2.45) is 0 Å². The molecule has 3 nitrogen and oxygen atoms in total. The molecule has 0 aliphatic carbocycles. The van der Waals surface area contributed by atoms with Crippen molar-refractivity contribution in [2.45, 2.75) is 39.2 Å². The first kappa shape index (κ1) is 13.7. The first-order valence-electron chi connectivity index (χ1n) is 6.01. The average molecular weight is 236 g/mol. The normalized spacial score (nSPS) is 12.2. The lowest BCUT2D eigenvalue weighted by molar-refractivity contribution is -0.116. The maximum atomic E-state index is 10.8. The van der Waals surface area contributed by atoms with Crippen LogP contribution in [0.4, 0.5) is 0 Å². The summed E-state index contributed by atoms with van der Waals surface area (Å²) in [5.41, 5.74) is 1.13. The maximum Gasteiger partial charge on any atom is 0.130 e. The molecule has 0 aliphatic rings. The SMILES string of the molecule is CCC(O)COc1ccc(CCC(C)=O)cc1. The van der Waals surface area contributed by atoms with Gasteiger partial charge in [0.15, 0.2) is 0 Å². The van der Waals surface area contributed by atoms with E-state index in [1.54, 1.807) is 6.92 Å². The molecule has 3 heteroatoms. The van der Waals surface area contributed by atoms with Crippen molar-refractivity contribution >= 4 is 5.78 Å².